The first-order chi connectivity index (χ1) is 9.86. The van der Waals surface area contributed by atoms with Crippen LogP contribution in [0.15, 0.2) is 34.9 Å². The standard InChI is InChI=1S/C17H22N2O/c1-2-3-13-4-6-14(7-5-13)16-12-19-17(20-16)15-8-10-18-11-9-15/h4-7,12,15,18H,2-3,8-11H2,1H3. The molecule has 0 aliphatic carbocycles. The van der Waals surface area contributed by atoms with Gasteiger partial charge in [-0.2, -0.15) is 0 Å². The average molecular weight is 270 g/mol. The van der Waals surface area contributed by atoms with Crippen molar-refractivity contribution < 1.29 is 4.42 Å². The van der Waals surface area contributed by atoms with Gasteiger partial charge in [-0.3, -0.25) is 0 Å². The molecular weight excluding hydrogens is 248 g/mol. The third-order valence-electron chi connectivity index (χ3n) is 3.99. The zero-order chi connectivity index (χ0) is 13.8. The fourth-order valence-electron chi connectivity index (χ4n) is 2.80. The van der Waals surface area contributed by atoms with Gasteiger partial charge in [0, 0.05) is 11.5 Å². The molecule has 0 amide bonds. The molecule has 0 spiro atoms. The molecular formula is C17H22N2O. The van der Waals surface area contributed by atoms with E-state index in [1.165, 1.54) is 12.0 Å². The van der Waals surface area contributed by atoms with E-state index in [9.17, 15) is 0 Å². The largest absolute Gasteiger partial charge is 0.440 e. The zero-order valence-corrected chi connectivity index (χ0v) is 12.1. The third-order valence-corrected chi connectivity index (χ3v) is 3.99. The van der Waals surface area contributed by atoms with Crippen LogP contribution in [0.4, 0.5) is 0 Å². The normalized spacial score (nSPS) is 16.4. The van der Waals surface area contributed by atoms with Crippen molar-refractivity contribution in [3.8, 4) is 11.3 Å². The van der Waals surface area contributed by atoms with Crippen LogP contribution < -0.4 is 5.32 Å². The molecule has 0 atom stereocenters. The fraction of sp³-hybridized carbons (Fsp3) is 0.471. The molecule has 1 aliphatic rings. The average Bonchev–Trinajstić information content (AvgIpc) is 2.99. The quantitative estimate of drug-likeness (QED) is 0.919. The Balaban J connectivity index is 1.75. The number of hydrogen-bond acceptors (Lipinski definition) is 3. The fourth-order valence-corrected chi connectivity index (χ4v) is 2.80. The number of piperidine rings is 1. The van der Waals surface area contributed by atoms with Crippen LogP contribution in [-0.2, 0) is 6.42 Å². The molecule has 3 rings (SSSR count). The van der Waals surface area contributed by atoms with E-state index in [1.807, 2.05) is 6.20 Å². The smallest absolute Gasteiger partial charge is 0.198 e. The first-order valence-corrected chi connectivity index (χ1v) is 7.62. The summed E-state index contributed by atoms with van der Waals surface area (Å²) >= 11 is 0. The Morgan fingerprint density at radius 1 is 1.20 bits per heavy atom. The number of aryl methyl sites for hydroxylation is 1. The highest BCUT2D eigenvalue weighted by Crippen LogP contribution is 2.28. The van der Waals surface area contributed by atoms with Gasteiger partial charge < -0.3 is 9.73 Å². The van der Waals surface area contributed by atoms with E-state index in [0.717, 1.165) is 49.6 Å². The summed E-state index contributed by atoms with van der Waals surface area (Å²) in [6.45, 7) is 4.33. The SMILES string of the molecule is CCCc1ccc(-c2cnc(C3CCNCC3)o2)cc1. The van der Waals surface area contributed by atoms with Gasteiger partial charge in [-0.15, -0.1) is 0 Å². The van der Waals surface area contributed by atoms with Crippen molar-refractivity contribution in [2.24, 2.45) is 0 Å². The highest BCUT2D eigenvalue weighted by atomic mass is 16.4. The van der Waals surface area contributed by atoms with Gasteiger partial charge in [-0.05, 0) is 37.9 Å². The van der Waals surface area contributed by atoms with Gasteiger partial charge >= 0.3 is 0 Å². The number of rotatable bonds is 4. The number of nitrogens with one attached hydrogen (secondary N) is 1. The summed E-state index contributed by atoms with van der Waals surface area (Å²) in [5.41, 5.74) is 2.51. The number of benzene rings is 1. The first-order valence-electron chi connectivity index (χ1n) is 7.62. The summed E-state index contributed by atoms with van der Waals surface area (Å²) in [6, 6.07) is 8.65. The maximum Gasteiger partial charge on any atom is 0.198 e. The lowest BCUT2D eigenvalue weighted by Gasteiger charge is -2.19. The van der Waals surface area contributed by atoms with Crippen molar-refractivity contribution in [1.82, 2.24) is 10.3 Å². The second kappa shape index (κ2) is 6.23. The topological polar surface area (TPSA) is 38.1 Å². The highest BCUT2D eigenvalue weighted by molar-refractivity contribution is 5.56. The lowest BCUT2D eigenvalue weighted by molar-refractivity contribution is 0.378. The van der Waals surface area contributed by atoms with Gasteiger partial charge in [0.15, 0.2) is 11.7 Å². The number of hydrogen-bond donors (Lipinski definition) is 1. The summed E-state index contributed by atoms with van der Waals surface area (Å²) in [5, 5.41) is 3.37. The Morgan fingerprint density at radius 3 is 2.65 bits per heavy atom. The van der Waals surface area contributed by atoms with E-state index >= 15 is 0 Å². The van der Waals surface area contributed by atoms with Crippen LogP contribution in [0.5, 0.6) is 0 Å². The molecule has 0 bridgehead atoms. The third kappa shape index (κ3) is 2.93. The van der Waals surface area contributed by atoms with E-state index in [1.54, 1.807) is 0 Å². The van der Waals surface area contributed by atoms with Gasteiger partial charge in [-0.1, -0.05) is 37.6 Å². The molecule has 20 heavy (non-hydrogen) atoms. The predicted octanol–water partition coefficient (Wildman–Crippen LogP) is 3.76. The van der Waals surface area contributed by atoms with Crippen LogP contribution in [0.25, 0.3) is 11.3 Å². The summed E-state index contributed by atoms with van der Waals surface area (Å²) < 4.78 is 5.97. The molecule has 3 heteroatoms. The van der Waals surface area contributed by atoms with Crippen molar-refractivity contribution in [2.45, 2.75) is 38.5 Å². The Bertz CT molecular complexity index is 538. The minimum Gasteiger partial charge on any atom is -0.440 e. The van der Waals surface area contributed by atoms with Crippen LogP contribution in [0.1, 0.15) is 43.6 Å². The second-order valence-corrected chi connectivity index (χ2v) is 5.53. The molecule has 106 valence electrons. The van der Waals surface area contributed by atoms with Gasteiger partial charge in [0.2, 0.25) is 0 Å². The molecule has 0 saturated carbocycles. The molecule has 1 aromatic heterocycles. The van der Waals surface area contributed by atoms with Crippen LogP contribution in [0.2, 0.25) is 0 Å². The molecule has 1 aromatic carbocycles. The number of aromatic nitrogens is 1. The molecule has 1 N–H and O–H groups in total. The van der Waals surface area contributed by atoms with Crippen molar-refractivity contribution in [2.75, 3.05) is 13.1 Å². The van der Waals surface area contributed by atoms with Crippen LogP contribution in [0, 0.1) is 0 Å². The summed E-state index contributed by atoms with van der Waals surface area (Å²) in [5.74, 6) is 2.27. The minimum atomic E-state index is 0.476. The Morgan fingerprint density at radius 2 is 1.95 bits per heavy atom. The molecule has 0 unspecified atom stereocenters. The second-order valence-electron chi connectivity index (χ2n) is 5.53. The van der Waals surface area contributed by atoms with E-state index < -0.39 is 0 Å². The number of oxazole rings is 1. The van der Waals surface area contributed by atoms with Crippen LogP contribution in [-0.4, -0.2) is 18.1 Å². The number of nitrogens with zero attached hydrogens (tertiary/aromatic N) is 1. The summed E-state index contributed by atoms with van der Waals surface area (Å²) in [6.07, 6.45) is 6.43. The minimum absolute atomic E-state index is 0.476. The molecule has 1 aliphatic heterocycles. The van der Waals surface area contributed by atoms with Gasteiger partial charge in [-0.25, -0.2) is 4.98 Å². The highest BCUT2D eigenvalue weighted by Gasteiger charge is 2.20. The maximum atomic E-state index is 5.97. The predicted molar refractivity (Wildman–Crippen MR) is 80.8 cm³/mol. The van der Waals surface area contributed by atoms with Crippen LogP contribution >= 0.6 is 0 Å². The lowest BCUT2D eigenvalue weighted by atomic mass is 9.98. The Kier molecular flexibility index (Phi) is 4.16. The maximum absolute atomic E-state index is 5.97. The summed E-state index contributed by atoms with van der Waals surface area (Å²) in [4.78, 5) is 4.48. The molecule has 2 aromatic rings. The van der Waals surface area contributed by atoms with Crippen molar-refractivity contribution >= 4 is 0 Å². The van der Waals surface area contributed by atoms with E-state index in [0.29, 0.717) is 5.92 Å². The van der Waals surface area contributed by atoms with Crippen molar-refractivity contribution in [3.05, 3.63) is 41.9 Å². The molecule has 1 saturated heterocycles. The molecule has 1 fully saturated rings. The van der Waals surface area contributed by atoms with Gasteiger partial charge in [0.25, 0.3) is 0 Å². The molecule has 2 heterocycles. The molecule has 3 nitrogen and oxygen atoms in total. The van der Waals surface area contributed by atoms with Gasteiger partial charge in [0.05, 0.1) is 6.20 Å². The van der Waals surface area contributed by atoms with E-state index in [4.69, 9.17) is 4.42 Å². The van der Waals surface area contributed by atoms with Crippen molar-refractivity contribution in [1.29, 1.82) is 0 Å². The van der Waals surface area contributed by atoms with E-state index in [-0.39, 0.29) is 0 Å². The Hall–Kier alpha value is -1.61. The van der Waals surface area contributed by atoms with E-state index in [2.05, 4.69) is 41.5 Å². The van der Waals surface area contributed by atoms with Crippen LogP contribution in [0.3, 0.4) is 0 Å². The zero-order valence-electron chi connectivity index (χ0n) is 12.1. The monoisotopic (exact) mass is 270 g/mol. The van der Waals surface area contributed by atoms with Crippen molar-refractivity contribution in [3.63, 3.8) is 0 Å². The first kappa shape index (κ1) is 13.4. The lowest BCUT2D eigenvalue weighted by Crippen LogP contribution is -2.26. The van der Waals surface area contributed by atoms with Gasteiger partial charge in [0.1, 0.15) is 0 Å². The summed E-state index contributed by atoms with van der Waals surface area (Å²) in [7, 11) is 0. The molecule has 0 radical (unpaired) electrons. The Labute approximate surface area is 120 Å².